The lowest BCUT2D eigenvalue weighted by Gasteiger charge is -2.10. The molecule has 20 heavy (non-hydrogen) atoms. The number of hydrogen-bond donors (Lipinski definition) is 1. The Kier molecular flexibility index (Phi) is 4.34. The minimum atomic E-state index is -0.809. The smallest absolute Gasteiger partial charge is 0.255 e. The van der Waals surface area contributed by atoms with E-state index in [1.54, 1.807) is 18.2 Å². The van der Waals surface area contributed by atoms with Crippen molar-refractivity contribution in [3.05, 3.63) is 58.1 Å². The van der Waals surface area contributed by atoms with Crippen LogP contribution in [0.5, 0.6) is 5.75 Å². The number of halogens is 3. The van der Waals surface area contributed by atoms with Gasteiger partial charge in [0.2, 0.25) is 0 Å². The van der Waals surface area contributed by atoms with Crippen LogP contribution >= 0.6 is 15.9 Å². The average Bonchev–Trinajstić information content (AvgIpc) is 2.37. The molecule has 0 saturated carbocycles. The lowest BCUT2D eigenvalue weighted by Crippen LogP contribution is -2.13. The number of nitrogens with one attached hydrogen (secondary N) is 1. The van der Waals surface area contributed by atoms with Crippen molar-refractivity contribution in [2.24, 2.45) is 0 Å². The Balaban J connectivity index is 2.29. The molecule has 0 aliphatic carbocycles. The van der Waals surface area contributed by atoms with Crippen molar-refractivity contribution in [1.82, 2.24) is 0 Å². The zero-order chi connectivity index (χ0) is 14.7. The number of carbonyl (C=O) groups is 1. The van der Waals surface area contributed by atoms with Crippen molar-refractivity contribution in [3.63, 3.8) is 0 Å². The van der Waals surface area contributed by atoms with E-state index >= 15 is 0 Å². The average molecular weight is 342 g/mol. The molecule has 0 radical (unpaired) electrons. The van der Waals surface area contributed by atoms with Gasteiger partial charge in [-0.1, -0.05) is 15.9 Å². The van der Waals surface area contributed by atoms with Gasteiger partial charge in [-0.25, -0.2) is 8.78 Å². The molecule has 3 nitrogen and oxygen atoms in total. The maximum absolute atomic E-state index is 13.1. The molecule has 0 aliphatic heterocycles. The van der Waals surface area contributed by atoms with Gasteiger partial charge in [-0.15, -0.1) is 0 Å². The second-order valence-corrected chi connectivity index (χ2v) is 4.87. The second kappa shape index (κ2) is 6.00. The minimum absolute atomic E-state index is 0.107. The zero-order valence-electron chi connectivity index (χ0n) is 10.4. The summed E-state index contributed by atoms with van der Waals surface area (Å²) in [6.07, 6.45) is 0. The van der Waals surface area contributed by atoms with Crippen LogP contribution in [0.3, 0.4) is 0 Å². The lowest BCUT2D eigenvalue weighted by molar-refractivity contribution is 0.102. The molecule has 0 spiro atoms. The summed E-state index contributed by atoms with van der Waals surface area (Å²) in [7, 11) is 1.46. The summed E-state index contributed by atoms with van der Waals surface area (Å²) in [5.41, 5.74) is 0.293. The quantitative estimate of drug-likeness (QED) is 0.916. The fraction of sp³-hybridized carbons (Fsp3) is 0.0714. The Morgan fingerprint density at radius 2 is 1.80 bits per heavy atom. The first-order valence-corrected chi connectivity index (χ1v) is 6.40. The predicted octanol–water partition coefficient (Wildman–Crippen LogP) is 3.99. The summed E-state index contributed by atoms with van der Waals surface area (Å²) >= 11 is 3.27. The molecule has 0 unspecified atom stereocenters. The van der Waals surface area contributed by atoms with E-state index in [1.165, 1.54) is 7.11 Å². The van der Waals surface area contributed by atoms with Crippen molar-refractivity contribution >= 4 is 27.5 Å². The molecule has 0 aromatic heterocycles. The Morgan fingerprint density at radius 1 is 1.15 bits per heavy atom. The normalized spacial score (nSPS) is 10.2. The van der Waals surface area contributed by atoms with Gasteiger partial charge < -0.3 is 10.1 Å². The Morgan fingerprint density at radius 3 is 2.40 bits per heavy atom. The first kappa shape index (κ1) is 14.5. The number of amides is 1. The summed E-state index contributed by atoms with van der Waals surface area (Å²) in [4.78, 5) is 12.0. The molecule has 2 aromatic carbocycles. The number of benzene rings is 2. The third kappa shape index (κ3) is 3.33. The van der Waals surface area contributed by atoms with Gasteiger partial charge in [-0.3, -0.25) is 4.79 Å². The van der Waals surface area contributed by atoms with Gasteiger partial charge in [0.05, 0.1) is 12.8 Å². The minimum Gasteiger partial charge on any atom is -0.495 e. The van der Waals surface area contributed by atoms with Crippen LogP contribution in [0.25, 0.3) is 0 Å². The van der Waals surface area contributed by atoms with Crippen molar-refractivity contribution in [2.75, 3.05) is 12.4 Å². The SMILES string of the molecule is COc1ccc(Br)cc1NC(=O)c1cc(F)cc(F)c1. The van der Waals surface area contributed by atoms with E-state index in [1.807, 2.05) is 0 Å². The second-order valence-electron chi connectivity index (χ2n) is 3.96. The first-order valence-electron chi connectivity index (χ1n) is 5.60. The van der Waals surface area contributed by atoms with Crippen LogP contribution in [0.1, 0.15) is 10.4 Å². The maximum atomic E-state index is 13.1. The van der Waals surface area contributed by atoms with Crippen LogP contribution in [0.15, 0.2) is 40.9 Å². The largest absolute Gasteiger partial charge is 0.495 e. The third-order valence-electron chi connectivity index (χ3n) is 2.53. The highest BCUT2D eigenvalue weighted by Gasteiger charge is 2.12. The van der Waals surface area contributed by atoms with E-state index < -0.39 is 17.5 Å². The maximum Gasteiger partial charge on any atom is 0.255 e. The van der Waals surface area contributed by atoms with Gasteiger partial charge in [0.15, 0.2) is 0 Å². The fourth-order valence-electron chi connectivity index (χ4n) is 1.66. The van der Waals surface area contributed by atoms with E-state index in [9.17, 15) is 13.6 Å². The molecule has 6 heteroatoms. The van der Waals surface area contributed by atoms with E-state index in [0.717, 1.165) is 16.6 Å². The zero-order valence-corrected chi connectivity index (χ0v) is 12.0. The molecule has 1 amide bonds. The number of ether oxygens (including phenoxy) is 1. The van der Waals surface area contributed by atoms with Gasteiger partial charge >= 0.3 is 0 Å². The van der Waals surface area contributed by atoms with Crippen LogP contribution in [0.2, 0.25) is 0 Å². The predicted molar refractivity (Wildman–Crippen MR) is 75.0 cm³/mol. The lowest BCUT2D eigenvalue weighted by atomic mass is 10.2. The van der Waals surface area contributed by atoms with Crippen LogP contribution in [-0.2, 0) is 0 Å². The number of carbonyl (C=O) groups excluding carboxylic acids is 1. The van der Waals surface area contributed by atoms with Crippen LogP contribution in [0, 0.1) is 11.6 Å². The Hall–Kier alpha value is -1.95. The van der Waals surface area contributed by atoms with Crippen LogP contribution in [0.4, 0.5) is 14.5 Å². The molecular weight excluding hydrogens is 332 g/mol. The molecular formula is C14H10BrF2NO2. The van der Waals surface area contributed by atoms with Crippen LogP contribution < -0.4 is 10.1 Å². The highest BCUT2D eigenvalue weighted by Crippen LogP contribution is 2.28. The molecule has 0 bridgehead atoms. The van der Waals surface area contributed by atoms with Crippen LogP contribution in [-0.4, -0.2) is 13.0 Å². The summed E-state index contributed by atoms with van der Waals surface area (Å²) < 4.78 is 32.0. The van der Waals surface area contributed by atoms with E-state index in [-0.39, 0.29) is 5.56 Å². The standard InChI is InChI=1S/C14H10BrF2NO2/c1-20-13-3-2-9(15)6-12(13)18-14(19)8-4-10(16)7-11(17)5-8/h2-7H,1H3,(H,18,19). The molecule has 1 N–H and O–H groups in total. The molecule has 0 saturated heterocycles. The van der Waals surface area contributed by atoms with Crippen molar-refractivity contribution < 1.29 is 18.3 Å². The molecule has 0 heterocycles. The van der Waals surface area contributed by atoms with Gasteiger partial charge in [-0.05, 0) is 30.3 Å². The van der Waals surface area contributed by atoms with Crippen molar-refractivity contribution in [1.29, 1.82) is 0 Å². The highest BCUT2D eigenvalue weighted by atomic mass is 79.9. The Labute approximate surface area is 122 Å². The van der Waals surface area contributed by atoms with E-state index in [4.69, 9.17) is 4.74 Å². The number of rotatable bonds is 3. The summed E-state index contributed by atoms with van der Waals surface area (Å²) in [6, 6.07) is 7.66. The molecule has 0 aliphatic rings. The fourth-order valence-corrected chi connectivity index (χ4v) is 2.02. The van der Waals surface area contributed by atoms with Crippen molar-refractivity contribution in [3.8, 4) is 5.75 Å². The van der Waals surface area contributed by atoms with Gasteiger partial charge in [0, 0.05) is 16.1 Å². The number of anilines is 1. The summed E-state index contributed by atoms with van der Waals surface area (Å²) in [5.74, 6) is -1.80. The Bertz CT molecular complexity index is 641. The summed E-state index contributed by atoms with van der Waals surface area (Å²) in [5, 5.41) is 2.55. The van der Waals surface area contributed by atoms with Gasteiger partial charge in [-0.2, -0.15) is 0 Å². The highest BCUT2D eigenvalue weighted by molar-refractivity contribution is 9.10. The molecule has 0 fully saturated rings. The van der Waals surface area contributed by atoms with E-state index in [0.29, 0.717) is 17.5 Å². The third-order valence-corrected chi connectivity index (χ3v) is 3.03. The molecule has 2 aromatic rings. The monoisotopic (exact) mass is 341 g/mol. The van der Waals surface area contributed by atoms with Gasteiger partial charge in [0.1, 0.15) is 17.4 Å². The number of hydrogen-bond acceptors (Lipinski definition) is 2. The van der Waals surface area contributed by atoms with Crippen molar-refractivity contribution in [2.45, 2.75) is 0 Å². The molecule has 2 rings (SSSR count). The molecule has 0 atom stereocenters. The molecule has 104 valence electrons. The summed E-state index contributed by atoms with van der Waals surface area (Å²) in [6.45, 7) is 0. The van der Waals surface area contributed by atoms with E-state index in [2.05, 4.69) is 21.2 Å². The number of methoxy groups -OCH3 is 1. The van der Waals surface area contributed by atoms with Gasteiger partial charge in [0.25, 0.3) is 5.91 Å². The first-order chi connectivity index (χ1) is 9.49. The topological polar surface area (TPSA) is 38.3 Å².